The average molecular weight is 348 g/mol. The smallest absolute Gasteiger partial charge is 0.410 e. The zero-order valence-corrected chi connectivity index (χ0v) is 15.5. The van der Waals surface area contributed by atoms with Crippen molar-refractivity contribution < 1.29 is 19.1 Å². The molecule has 1 aliphatic rings. The van der Waals surface area contributed by atoms with Crippen molar-refractivity contribution in [2.45, 2.75) is 52.4 Å². The summed E-state index contributed by atoms with van der Waals surface area (Å²) in [6.45, 7) is 8.93. The number of alkyl carbamates (subject to hydrolysis) is 1. The van der Waals surface area contributed by atoms with Gasteiger partial charge in [-0.15, -0.1) is 0 Å². The number of nitrogens with zero attached hydrogens (tertiary/aromatic N) is 1. The second-order valence-corrected chi connectivity index (χ2v) is 7.50. The zero-order valence-electron chi connectivity index (χ0n) is 15.5. The zero-order chi connectivity index (χ0) is 18.4. The number of rotatable bonds is 3. The molecule has 2 rings (SSSR count). The van der Waals surface area contributed by atoms with E-state index in [4.69, 9.17) is 9.47 Å². The molecule has 2 amide bonds. The van der Waals surface area contributed by atoms with Crippen LogP contribution >= 0.6 is 0 Å². The number of carbonyl (C=O) groups excluding carboxylic acids is 2. The van der Waals surface area contributed by atoms with Crippen LogP contribution in [0.3, 0.4) is 0 Å². The van der Waals surface area contributed by atoms with Crippen LogP contribution in [0.4, 0.5) is 9.59 Å². The Labute approximate surface area is 149 Å². The van der Waals surface area contributed by atoms with E-state index in [0.29, 0.717) is 19.5 Å². The van der Waals surface area contributed by atoms with Crippen LogP contribution in [0.15, 0.2) is 30.3 Å². The van der Waals surface area contributed by atoms with Crippen LogP contribution in [0.5, 0.6) is 0 Å². The maximum absolute atomic E-state index is 12.1. The number of carbonyl (C=O) groups is 2. The Morgan fingerprint density at radius 2 is 1.92 bits per heavy atom. The second kappa shape index (κ2) is 8.23. The third-order valence-corrected chi connectivity index (χ3v) is 4.07. The molecule has 0 aromatic heterocycles. The Morgan fingerprint density at radius 1 is 1.24 bits per heavy atom. The predicted molar refractivity (Wildman–Crippen MR) is 95.1 cm³/mol. The first-order chi connectivity index (χ1) is 11.7. The Kier molecular flexibility index (Phi) is 6.28. The molecule has 1 aromatic carbocycles. The molecule has 0 bridgehead atoms. The summed E-state index contributed by atoms with van der Waals surface area (Å²) in [5, 5.41) is 2.91. The summed E-state index contributed by atoms with van der Waals surface area (Å²) in [6, 6.07) is 9.55. The number of hydrogen-bond acceptors (Lipinski definition) is 4. The van der Waals surface area contributed by atoms with Gasteiger partial charge in [0.15, 0.2) is 0 Å². The van der Waals surface area contributed by atoms with E-state index >= 15 is 0 Å². The molecule has 0 saturated carbocycles. The molecule has 6 heteroatoms. The topological polar surface area (TPSA) is 67.9 Å². The fourth-order valence-electron chi connectivity index (χ4n) is 2.77. The molecule has 1 aromatic rings. The average Bonchev–Trinajstić information content (AvgIpc) is 2.54. The standard InChI is InChI=1S/C19H28N2O4/c1-14-12-21(18(23)25-19(2,3)4)11-10-16(14)20-17(22)24-13-15-8-6-5-7-9-15/h5-9,14,16H,10-13H2,1-4H3,(H,20,22)/t14-,16+/m1/s1. The maximum Gasteiger partial charge on any atom is 0.410 e. The van der Waals surface area contributed by atoms with Gasteiger partial charge >= 0.3 is 12.2 Å². The maximum atomic E-state index is 12.1. The summed E-state index contributed by atoms with van der Waals surface area (Å²) in [5.41, 5.74) is 0.446. The van der Waals surface area contributed by atoms with Gasteiger partial charge in [-0.2, -0.15) is 0 Å². The highest BCUT2D eigenvalue weighted by atomic mass is 16.6. The van der Waals surface area contributed by atoms with Gasteiger partial charge in [-0.1, -0.05) is 37.3 Å². The fraction of sp³-hybridized carbons (Fsp3) is 0.579. The summed E-state index contributed by atoms with van der Waals surface area (Å²) < 4.78 is 10.7. The van der Waals surface area contributed by atoms with Gasteiger partial charge in [0.25, 0.3) is 0 Å². The van der Waals surface area contributed by atoms with Gasteiger partial charge in [0, 0.05) is 19.1 Å². The molecule has 6 nitrogen and oxygen atoms in total. The number of piperidine rings is 1. The third-order valence-electron chi connectivity index (χ3n) is 4.07. The lowest BCUT2D eigenvalue weighted by Gasteiger charge is -2.37. The number of nitrogens with one attached hydrogen (secondary N) is 1. The van der Waals surface area contributed by atoms with Gasteiger partial charge in [0.2, 0.25) is 0 Å². The first-order valence-corrected chi connectivity index (χ1v) is 8.70. The van der Waals surface area contributed by atoms with Crippen molar-refractivity contribution in [2.75, 3.05) is 13.1 Å². The quantitative estimate of drug-likeness (QED) is 0.907. The van der Waals surface area contributed by atoms with Crippen LogP contribution in [0.25, 0.3) is 0 Å². The molecule has 25 heavy (non-hydrogen) atoms. The van der Waals surface area contributed by atoms with Crippen LogP contribution in [0.2, 0.25) is 0 Å². The van der Waals surface area contributed by atoms with E-state index in [1.54, 1.807) is 4.90 Å². The lowest BCUT2D eigenvalue weighted by atomic mass is 9.94. The van der Waals surface area contributed by atoms with E-state index in [-0.39, 0.29) is 24.7 Å². The molecule has 0 unspecified atom stereocenters. The Bertz CT molecular complexity index is 583. The molecular weight excluding hydrogens is 320 g/mol. The van der Waals surface area contributed by atoms with E-state index in [1.165, 1.54) is 0 Å². The number of likely N-dealkylation sites (tertiary alicyclic amines) is 1. The van der Waals surface area contributed by atoms with Crippen molar-refractivity contribution in [1.82, 2.24) is 10.2 Å². The Hall–Kier alpha value is -2.24. The first-order valence-electron chi connectivity index (χ1n) is 8.70. The molecule has 1 saturated heterocycles. The summed E-state index contributed by atoms with van der Waals surface area (Å²) in [6.07, 6.45) is -0.0446. The van der Waals surface area contributed by atoms with Crippen LogP contribution in [0.1, 0.15) is 39.7 Å². The minimum Gasteiger partial charge on any atom is -0.445 e. The highest BCUT2D eigenvalue weighted by molar-refractivity contribution is 5.69. The largest absolute Gasteiger partial charge is 0.445 e. The van der Waals surface area contributed by atoms with Gasteiger partial charge in [-0.3, -0.25) is 0 Å². The first kappa shape index (κ1) is 19.1. The summed E-state index contributed by atoms with van der Waals surface area (Å²) in [4.78, 5) is 25.8. The third kappa shape index (κ3) is 6.29. The highest BCUT2D eigenvalue weighted by Crippen LogP contribution is 2.19. The molecule has 0 aliphatic carbocycles. The SMILES string of the molecule is C[C@@H]1CN(C(=O)OC(C)(C)C)CC[C@@H]1NC(=O)OCc1ccccc1. The number of amides is 2. The van der Waals surface area contributed by atoms with Crippen molar-refractivity contribution in [3.63, 3.8) is 0 Å². The molecule has 0 spiro atoms. The monoisotopic (exact) mass is 348 g/mol. The van der Waals surface area contributed by atoms with E-state index in [9.17, 15) is 9.59 Å². The lowest BCUT2D eigenvalue weighted by Crippen LogP contribution is -2.52. The molecule has 0 radical (unpaired) electrons. The molecule has 1 heterocycles. The number of benzene rings is 1. The fourth-order valence-corrected chi connectivity index (χ4v) is 2.77. The van der Waals surface area contributed by atoms with E-state index in [1.807, 2.05) is 58.0 Å². The molecule has 138 valence electrons. The van der Waals surface area contributed by atoms with Crippen LogP contribution in [-0.4, -0.2) is 41.8 Å². The van der Waals surface area contributed by atoms with Crippen molar-refractivity contribution in [1.29, 1.82) is 0 Å². The van der Waals surface area contributed by atoms with Gasteiger partial charge in [0.1, 0.15) is 12.2 Å². The van der Waals surface area contributed by atoms with E-state index < -0.39 is 11.7 Å². The lowest BCUT2D eigenvalue weighted by molar-refractivity contribution is 0.0143. The Morgan fingerprint density at radius 3 is 2.52 bits per heavy atom. The highest BCUT2D eigenvalue weighted by Gasteiger charge is 2.32. The normalized spacial score (nSPS) is 20.7. The molecule has 2 atom stereocenters. The van der Waals surface area contributed by atoms with E-state index in [2.05, 4.69) is 5.32 Å². The Balaban J connectivity index is 1.77. The van der Waals surface area contributed by atoms with Gasteiger partial charge in [-0.05, 0) is 38.7 Å². The summed E-state index contributed by atoms with van der Waals surface area (Å²) >= 11 is 0. The number of hydrogen-bond donors (Lipinski definition) is 1. The van der Waals surface area contributed by atoms with Gasteiger partial charge in [0.05, 0.1) is 0 Å². The number of ether oxygens (including phenoxy) is 2. The molecule has 1 aliphatic heterocycles. The van der Waals surface area contributed by atoms with Crippen molar-refractivity contribution in [2.24, 2.45) is 5.92 Å². The van der Waals surface area contributed by atoms with Crippen LogP contribution in [-0.2, 0) is 16.1 Å². The van der Waals surface area contributed by atoms with E-state index in [0.717, 1.165) is 5.56 Å². The summed E-state index contributed by atoms with van der Waals surface area (Å²) in [7, 11) is 0. The van der Waals surface area contributed by atoms with Crippen molar-refractivity contribution in [3.05, 3.63) is 35.9 Å². The molecule has 1 N–H and O–H groups in total. The predicted octanol–water partition coefficient (Wildman–Crippen LogP) is 3.56. The second-order valence-electron chi connectivity index (χ2n) is 7.50. The van der Waals surface area contributed by atoms with Crippen LogP contribution in [0, 0.1) is 5.92 Å². The minimum absolute atomic E-state index is 0.0121. The minimum atomic E-state index is -0.503. The molecule has 1 fully saturated rings. The van der Waals surface area contributed by atoms with Crippen molar-refractivity contribution in [3.8, 4) is 0 Å². The summed E-state index contributed by atoms with van der Waals surface area (Å²) in [5.74, 6) is 0.130. The van der Waals surface area contributed by atoms with Gasteiger partial charge < -0.3 is 19.7 Å². The molecular formula is C19H28N2O4. The van der Waals surface area contributed by atoms with Gasteiger partial charge in [-0.25, -0.2) is 9.59 Å². The van der Waals surface area contributed by atoms with Crippen LogP contribution < -0.4 is 5.32 Å². The van der Waals surface area contributed by atoms with Crippen molar-refractivity contribution >= 4 is 12.2 Å².